The summed E-state index contributed by atoms with van der Waals surface area (Å²) in [7, 11) is 1.70. The normalized spacial score (nSPS) is 14.7. The summed E-state index contributed by atoms with van der Waals surface area (Å²) in [6.07, 6.45) is -0.718. The minimum atomic E-state index is -0.366. The molecule has 0 bridgehead atoms. The Kier molecular flexibility index (Phi) is 12.0. The van der Waals surface area contributed by atoms with E-state index in [4.69, 9.17) is 10.2 Å². The minimum Gasteiger partial charge on any atom is -0.379 e. The molecule has 0 radical (unpaired) electrons. The van der Waals surface area contributed by atoms with Gasteiger partial charge in [-0.25, -0.2) is 0 Å². The fourth-order valence-corrected chi connectivity index (χ4v) is 0.295. The molecule has 70 valence electrons. The predicted molar refractivity (Wildman–Crippen MR) is 46.1 cm³/mol. The van der Waals surface area contributed by atoms with Crippen LogP contribution in [0.2, 0.25) is 0 Å². The molecule has 2 atom stereocenters. The maximum Gasteiger partial charge on any atom is 0.102 e. The van der Waals surface area contributed by atoms with Gasteiger partial charge in [0.25, 0.3) is 0 Å². The second kappa shape index (κ2) is 9.84. The van der Waals surface area contributed by atoms with Gasteiger partial charge in [0.15, 0.2) is 0 Å². The van der Waals surface area contributed by atoms with E-state index in [1.807, 2.05) is 6.92 Å². The van der Waals surface area contributed by atoms with Gasteiger partial charge in [0.1, 0.15) is 12.5 Å². The van der Waals surface area contributed by atoms with E-state index < -0.39 is 0 Å². The van der Waals surface area contributed by atoms with Crippen LogP contribution in [0.25, 0.3) is 0 Å². The molecule has 0 aromatic carbocycles. The smallest absolute Gasteiger partial charge is 0.102 e. The summed E-state index contributed by atoms with van der Waals surface area (Å²) < 4.78 is 0. The van der Waals surface area contributed by atoms with Crippen molar-refractivity contribution in [2.45, 2.75) is 33.2 Å². The van der Waals surface area contributed by atoms with Crippen molar-refractivity contribution in [3.8, 4) is 0 Å². The highest BCUT2D eigenvalue weighted by Crippen LogP contribution is 1.65. The van der Waals surface area contributed by atoms with Crippen LogP contribution in [0.5, 0.6) is 0 Å². The first-order chi connectivity index (χ1) is 5.04. The first-order valence-electron chi connectivity index (χ1n) is 3.81. The quantitative estimate of drug-likeness (QED) is 0.424. The molecule has 0 spiro atoms. The molecule has 2 unspecified atom stereocenters. The summed E-state index contributed by atoms with van der Waals surface area (Å²) in [4.78, 5) is 0. The molecule has 0 saturated carbocycles. The van der Waals surface area contributed by atoms with Crippen molar-refractivity contribution < 1.29 is 10.2 Å². The van der Waals surface area contributed by atoms with Crippen molar-refractivity contribution >= 4 is 0 Å². The van der Waals surface area contributed by atoms with Gasteiger partial charge in [-0.3, -0.25) is 10.6 Å². The number of hydrogen-bond donors (Lipinski definition) is 4. The zero-order valence-corrected chi connectivity index (χ0v) is 7.76. The molecule has 0 aliphatic heterocycles. The number of aliphatic hydroxyl groups excluding tert-OH is 2. The first kappa shape index (κ1) is 13.4. The molecule has 0 rings (SSSR count). The van der Waals surface area contributed by atoms with Crippen LogP contribution in [0.4, 0.5) is 0 Å². The third-order valence-corrected chi connectivity index (χ3v) is 0.917. The third-order valence-electron chi connectivity index (χ3n) is 0.917. The van der Waals surface area contributed by atoms with Gasteiger partial charge >= 0.3 is 0 Å². The topological polar surface area (TPSA) is 64.5 Å². The minimum absolute atomic E-state index is 0.352. The first-order valence-corrected chi connectivity index (χ1v) is 3.81. The van der Waals surface area contributed by atoms with Gasteiger partial charge in [0.05, 0.1) is 0 Å². The number of hydrogen-bond acceptors (Lipinski definition) is 4. The lowest BCUT2D eigenvalue weighted by Crippen LogP contribution is -2.24. The van der Waals surface area contributed by atoms with Crippen molar-refractivity contribution in [2.75, 3.05) is 13.6 Å². The summed E-state index contributed by atoms with van der Waals surface area (Å²) >= 11 is 0. The molecule has 11 heavy (non-hydrogen) atoms. The van der Waals surface area contributed by atoms with Crippen LogP contribution in [-0.4, -0.2) is 36.3 Å². The summed E-state index contributed by atoms with van der Waals surface area (Å²) in [5.41, 5.74) is 0. The van der Waals surface area contributed by atoms with E-state index >= 15 is 0 Å². The predicted octanol–water partition coefficient (Wildman–Crippen LogP) is -0.522. The zero-order chi connectivity index (χ0) is 9.28. The maximum absolute atomic E-state index is 8.44. The molecule has 4 N–H and O–H groups in total. The Bertz CT molecular complexity index is 67.5. The van der Waals surface area contributed by atoms with Crippen LogP contribution in [0, 0.1) is 0 Å². The van der Waals surface area contributed by atoms with Crippen molar-refractivity contribution in [1.29, 1.82) is 0 Å². The summed E-state index contributed by atoms with van der Waals surface area (Å²) in [6, 6.07) is 0. The lowest BCUT2D eigenvalue weighted by Gasteiger charge is -2.00. The SMILES string of the molecule is CCNC(C)O.CNC(C)O. The standard InChI is InChI=1S/C4H11NO.C3H9NO/c1-3-5-4(2)6;1-3(5)4-2/h4-6H,3H2,1-2H3;3-5H,1-2H3. The van der Waals surface area contributed by atoms with Crippen molar-refractivity contribution in [1.82, 2.24) is 10.6 Å². The zero-order valence-electron chi connectivity index (χ0n) is 7.76. The van der Waals surface area contributed by atoms with E-state index in [0.29, 0.717) is 0 Å². The van der Waals surface area contributed by atoms with E-state index in [-0.39, 0.29) is 12.5 Å². The van der Waals surface area contributed by atoms with Crippen LogP contribution in [-0.2, 0) is 0 Å². The van der Waals surface area contributed by atoms with Crippen LogP contribution in [0.1, 0.15) is 20.8 Å². The second-order valence-corrected chi connectivity index (χ2v) is 2.20. The lowest BCUT2D eigenvalue weighted by molar-refractivity contribution is 0.159. The number of rotatable bonds is 3. The Morgan fingerprint density at radius 3 is 1.55 bits per heavy atom. The Balaban J connectivity index is 0. The molecule has 0 fully saturated rings. The van der Waals surface area contributed by atoms with Gasteiger partial charge in [-0.2, -0.15) is 0 Å². The molecule has 0 aliphatic rings. The molecule has 4 heteroatoms. The van der Waals surface area contributed by atoms with E-state index in [1.54, 1.807) is 20.9 Å². The summed E-state index contributed by atoms with van der Waals surface area (Å²) in [5.74, 6) is 0. The average molecular weight is 164 g/mol. The van der Waals surface area contributed by atoms with Gasteiger partial charge in [-0.05, 0) is 27.4 Å². The Labute approximate surface area is 68.6 Å². The van der Waals surface area contributed by atoms with Crippen LogP contribution < -0.4 is 10.6 Å². The molecule has 0 aromatic heterocycles. The van der Waals surface area contributed by atoms with E-state index in [9.17, 15) is 0 Å². The fourth-order valence-electron chi connectivity index (χ4n) is 0.295. The van der Waals surface area contributed by atoms with E-state index in [1.165, 1.54) is 0 Å². The van der Waals surface area contributed by atoms with Crippen molar-refractivity contribution in [3.63, 3.8) is 0 Å². The fraction of sp³-hybridized carbons (Fsp3) is 1.00. The largest absolute Gasteiger partial charge is 0.379 e. The van der Waals surface area contributed by atoms with Crippen molar-refractivity contribution in [2.24, 2.45) is 0 Å². The molecular weight excluding hydrogens is 144 g/mol. The van der Waals surface area contributed by atoms with E-state index in [2.05, 4.69) is 10.6 Å². The van der Waals surface area contributed by atoms with Gasteiger partial charge < -0.3 is 10.2 Å². The monoisotopic (exact) mass is 164 g/mol. The van der Waals surface area contributed by atoms with Gasteiger partial charge in [-0.15, -0.1) is 0 Å². The number of nitrogens with one attached hydrogen (secondary N) is 2. The van der Waals surface area contributed by atoms with Crippen LogP contribution in [0.15, 0.2) is 0 Å². The highest BCUT2D eigenvalue weighted by molar-refractivity contribution is 4.36. The van der Waals surface area contributed by atoms with Gasteiger partial charge in [0, 0.05) is 0 Å². The Morgan fingerprint density at radius 2 is 1.55 bits per heavy atom. The lowest BCUT2D eigenvalue weighted by atomic mass is 10.6. The maximum atomic E-state index is 8.44. The third kappa shape index (κ3) is 25.8. The Hall–Kier alpha value is -0.160. The van der Waals surface area contributed by atoms with E-state index in [0.717, 1.165) is 6.54 Å². The summed E-state index contributed by atoms with van der Waals surface area (Å²) in [6.45, 7) is 6.15. The average Bonchev–Trinajstić information content (AvgIpc) is 1.89. The molecule has 0 aromatic rings. The number of aliphatic hydroxyl groups is 2. The van der Waals surface area contributed by atoms with Gasteiger partial charge in [-0.1, -0.05) is 6.92 Å². The molecule has 0 aliphatic carbocycles. The molecule has 4 nitrogen and oxygen atoms in total. The second-order valence-electron chi connectivity index (χ2n) is 2.20. The highest BCUT2D eigenvalue weighted by Gasteiger charge is 1.83. The Morgan fingerprint density at radius 1 is 1.18 bits per heavy atom. The van der Waals surface area contributed by atoms with Crippen LogP contribution >= 0.6 is 0 Å². The highest BCUT2D eigenvalue weighted by atomic mass is 16.3. The van der Waals surface area contributed by atoms with Gasteiger partial charge in [0.2, 0.25) is 0 Å². The molecular formula is C7H20N2O2. The molecule has 0 heterocycles. The van der Waals surface area contributed by atoms with Crippen LogP contribution in [0.3, 0.4) is 0 Å². The van der Waals surface area contributed by atoms with Crippen molar-refractivity contribution in [3.05, 3.63) is 0 Å². The molecule has 0 amide bonds. The molecule has 0 saturated heterocycles. The summed E-state index contributed by atoms with van der Waals surface area (Å²) in [5, 5.41) is 22.0.